The van der Waals surface area contributed by atoms with Crippen LogP contribution in [0.4, 0.5) is 0 Å². The van der Waals surface area contributed by atoms with Crippen molar-refractivity contribution in [2.45, 2.75) is 51.7 Å². The monoisotopic (exact) mass is 318 g/mol. The Morgan fingerprint density at radius 3 is 2.78 bits per heavy atom. The van der Waals surface area contributed by atoms with Crippen LogP contribution >= 0.6 is 0 Å². The van der Waals surface area contributed by atoms with E-state index in [0.717, 1.165) is 12.0 Å². The molecule has 0 aromatic heterocycles. The van der Waals surface area contributed by atoms with Gasteiger partial charge in [0.25, 0.3) is 5.91 Å². The summed E-state index contributed by atoms with van der Waals surface area (Å²) in [6.45, 7) is 6.76. The number of rotatable bonds is 6. The highest BCUT2D eigenvalue weighted by molar-refractivity contribution is 5.95. The van der Waals surface area contributed by atoms with Crippen LogP contribution in [0.25, 0.3) is 0 Å². The van der Waals surface area contributed by atoms with Crippen molar-refractivity contribution in [1.29, 1.82) is 0 Å². The van der Waals surface area contributed by atoms with Gasteiger partial charge in [0.2, 0.25) is 5.91 Å². The molecule has 1 unspecified atom stereocenters. The number of likely N-dealkylation sites (N-methyl/N-ethyl adjacent to an activating group) is 1. The number of nitrogens with zero attached hydrogens (tertiary/aromatic N) is 1. The third-order valence-electron chi connectivity index (χ3n) is 4.15. The molecule has 0 saturated carbocycles. The standard InChI is InChI=1S/C18H26N2O3/c1-4-20-12-15(11-16(20)21)19-17(22)14-7-5-6-13(10-14)8-9-18(2,3)23/h5-7,10,15,23H,4,8-9,11-12H2,1-3H3,(H,19,22). The van der Waals surface area contributed by atoms with Crippen LogP contribution < -0.4 is 5.32 Å². The van der Waals surface area contributed by atoms with Gasteiger partial charge in [-0.05, 0) is 51.3 Å². The third kappa shape index (κ3) is 5.06. The smallest absolute Gasteiger partial charge is 0.251 e. The summed E-state index contributed by atoms with van der Waals surface area (Å²) in [7, 11) is 0. The largest absolute Gasteiger partial charge is 0.390 e. The zero-order valence-electron chi connectivity index (χ0n) is 14.1. The van der Waals surface area contributed by atoms with E-state index in [2.05, 4.69) is 5.32 Å². The van der Waals surface area contributed by atoms with E-state index in [1.807, 2.05) is 25.1 Å². The lowest BCUT2D eigenvalue weighted by Crippen LogP contribution is -2.37. The minimum Gasteiger partial charge on any atom is -0.390 e. The minimum absolute atomic E-state index is 0.0942. The number of nitrogens with one attached hydrogen (secondary N) is 1. The first kappa shape index (κ1) is 17.5. The Hall–Kier alpha value is -1.88. The highest BCUT2D eigenvalue weighted by Gasteiger charge is 2.29. The van der Waals surface area contributed by atoms with Crippen molar-refractivity contribution in [2.24, 2.45) is 0 Å². The summed E-state index contributed by atoms with van der Waals surface area (Å²) in [6.07, 6.45) is 1.73. The first-order chi connectivity index (χ1) is 10.8. The van der Waals surface area contributed by atoms with Gasteiger partial charge in [0, 0.05) is 25.1 Å². The zero-order chi connectivity index (χ0) is 17.0. The van der Waals surface area contributed by atoms with E-state index in [1.54, 1.807) is 24.8 Å². The number of likely N-dealkylation sites (tertiary alicyclic amines) is 1. The number of aliphatic hydroxyl groups is 1. The average molecular weight is 318 g/mol. The molecule has 0 radical (unpaired) electrons. The molecule has 0 aliphatic carbocycles. The average Bonchev–Trinajstić information content (AvgIpc) is 2.84. The van der Waals surface area contributed by atoms with Gasteiger partial charge in [-0.3, -0.25) is 9.59 Å². The second-order valence-corrected chi connectivity index (χ2v) is 6.82. The minimum atomic E-state index is -0.716. The van der Waals surface area contributed by atoms with E-state index in [1.165, 1.54) is 0 Å². The lowest BCUT2D eigenvalue weighted by Gasteiger charge is -2.17. The molecule has 5 nitrogen and oxygen atoms in total. The first-order valence-electron chi connectivity index (χ1n) is 8.18. The third-order valence-corrected chi connectivity index (χ3v) is 4.15. The first-order valence-corrected chi connectivity index (χ1v) is 8.18. The summed E-state index contributed by atoms with van der Waals surface area (Å²) < 4.78 is 0. The van der Waals surface area contributed by atoms with Crippen LogP contribution in [0.5, 0.6) is 0 Å². The molecule has 2 rings (SSSR count). The Labute approximate surface area is 137 Å². The molecule has 126 valence electrons. The lowest BCUT2D eigenvalue weighted by molar-refractivity contribution is -0.127. The summed E-state index contributed by atoms with van der Waals surface area (Å²) in [4.78, 5) is 25.8. The molecule has 1 heterocycles. The molecule has 2 amide bonds. The number of benzene rings is 1. The van der Waals surface area contributed by atoms with Crippen molar-refractivity contribution in [3.05, 3.63) is 35.4 Å². The van der Waals surface area contributed by atoms with Gasteiger partial charge in [0.1, 0.15) is 0 Å². The van der Waals surface area contributed by atoms with Crippen molar-refractivity contribution >= 4 is 11.8 Å². The number of aryl methyl sites for hydroxylation is 1. The van der Waals surface area contributed by atoms with Gasteiger partial charge in [0.15, 0.2) is 0 Å². The van der Waals surface area contributed by atoms with Crippen molar-refractivity contribution in [3.63, 3.8) is 0 Å². The fourth-order valence-corrected chi connectivity index (χ4v) is 2.76. The molecule has 1 atom stereocenters. The molecule has 1 saturated heterocycles. The van der Waals surface area contributed by atoms with Gasteiger partial charge in [-0.1, -0.05) is 12.1 Å². The topological polar surface area (TPSA) is 69.6 Å². The maximum absolute atomic E-state index is 12.4. The van der Waals surface area contributed by atoms with Crippen LogP contribution in [0.15, 0.2) is 24.3 Å². The molecular weight excluding hydrogens is 292 g/mol. The molecule has 1 aliphatic rings. The lowest BCUT2D eigenvalue weighted by atomic mass is 9.98. The SMILES string of the molecule is CCN1CC(NC(=O)c2cccc(CCC(C)(C)O)c2)CC1=O. The predicted molar refractivity (Wildman–Crippen MR) is 89.2 cm³/mol. The normalized spacial score (nSPS) is 18.3. The van der Waals surface area contributed by atoms with Gasteiger partial charge < -0.3 is 15.3 Å². The van der Waals surface area contributed by atoms with Gasteiger partial charge in [-0.15, -0.1) is 0 Å². The molecule has 5 heteroatoms. The Balaban J connectivity index is 1.96. The van der Waals surface area contributed by atoms with Crippen molar-refractivity contribution in [2.75, 3.05) is 13.1 Å². The maximum atomic E-state index is 12.4. The van der Waals surface area contributed by atoms with Gasteiger partial charge in [0.05, 0.1) is 11.6 Å². The van der Waals surface area contributed by atoms with Crippen LogP contribution in [0.1, 0.15) is 49.5 Å². The Bertz CT molecular complexity index is 578. The highest BCUT2D eigenvalue weighted by atomic mass is 16.3. The van der Waals surface area contributed by atoms with E-state index >= 15 is 0 Å². The van der Waals surface area contributed by atoms with Crippen LogP contribution in [-0.4, -0.2) is 46.6 Å². The Morgan fingerprint density at radius 2 is 2.17 bits per heavy atom. The molecule has 0 spiro atoms. The molecule has 1 aliphatic heterocycles. The summed E-state index contributed by atoms with van der Waals surface area (Å²) in [5.74, 6) is -0.0532. The fraction of sp³-hybridized carbons (Fsp3) is 0.556. The van der Waals surface area contributed by atoms with Crippen LogP contribution in [0.2, 0.25) is 0 Å². The van der Waals surface area contributed by atoms with E-state index < -0.39 is 5.60 Å². The quantitative estimate of drug-likeness (QED) is 0.839. The summed E-state index contributed by atoms with van der Waals surface area (Å²) in [5.41, 5.74) is 0.907. The fourth-order valence-electron chi connectivity index (χ4n) is 2.76. The number of amides is 2. The van der Waals surface area contributed by atoms with Crippen molar-refractivity contribution in [1.82, 2.24) is 10.2 Å². The molecule has 1 aromatic rings. The number of carbonyl (C=O) groups excluding carboxylic acids is 2. The van der Waals surface area contributed by atoms with Crippen molar-refractivity contribution < 1.29 is 14.7 Å². The maximum Gasteiger partial charge on any atom is 0.251 e. The van der Waals surface area contributed by atoms with E-state index in [4.69, 9.17) is 0 Å². The van der Waals surface area contributed by atoms with Crippen molar-refractivity contribution in [3.8, 4) is 0 Å². The number of hydrogen-bond acceptors (Lipinski definition) is 3. The van der Waals surface area contributed by atoms with Gasteiger partial charge in [-0.25, -0.2) is 0 Å². The zero-order valence-corrected chi connectivity index (χ0v) is 14.1. The molecule has 1 aromatic carbocycles. The van der Waals surface area contributed by atoms with Crippen LogP contribution in [0, 0.1) is 0 Å². The summed E-state index contributed by atoms with van der Waals surface area (Å²) in [5, 5.41) is 12.7. The number of hydrogen-bond donors (Lipinski definition) is 2. The molecule has 23 heavy (non-hydrogen) atoms. The van der Waals surface area contributed by atoms with Gasteiger partial charge in [-0.2, -0.15) is 0 Å². The van der Waals surface area contributed by atoms with E-state index in [0.29, 0.717) is 31.5 Å². The second kappa shape index (κ2) is 7.13. The molecule has 1 fully saturated rings. The summed E-state index contributed by atoms with van der Waals surface area (Å²) in [6, 6.07) is 7.33. The van der Waals surface area contributed by atoms with E-state index in [9.17, 15) is 14.7 Å². The molecule has 0 bridgehead atoms. The molecular formula is C18H26N2O3. The van der Waals surface area contributed by atoms with Crippen LogP contribution in [0.3, 0.4) is 0 Å². The van der Waals surface area contributed by atoms with Crippen LogP contribution in [-0.2, 0) is 11.2 Å². The predicted octanol–water partition coefficient (Wildman–Crippen LogP) is 1.74. The highest BCUT2D eigenvalue weighted by Crippen LogP contribution is 2.15. The second-order valence-electron chi connectivity index (χ2n) is 6.82. The van der Waals surface area contributed by atoms with E-state index in [-0.39, 0.29) is 17.9 Å². The molecule has 2 N–H and O–H groups in total. The Morgan fingerprint density at radius 1 is 1.43 bits per heavy atom. The number of carbonyl (C=O) groups is 2. The summed E-state index contributed by atoms with van der Waals surface area (Å²) >= 11 is 0. The Kier molecular flexibility index (Phi) is 5.42. The van der Waals surface area contributed by atoms with Gasteiger partial charge >= 0.3 is 0 Å².